The third-order valence-electron chi connectivity index (χ3n) is 4.75. The van der Waals surface area contributed by atoms with Crippen molar-refractivity contribution >= 4 is 0 Å². The molecule has 2 unspecified atom stereocenters. The largest absolute Gasteiger partial charge is 0.368 e. The van der Waals surface area contributed by atoms with Gasteiger partial charge >= 0.3 is 0 Å². The van der Waals surface area contributed by atoms with E-state index in [0.717, 1.165) is 13.2 Å². The van der Waals surface area contributed by atoms with E-state index < -0.39 is 0 Å². The molecule has 0 bridgehead atoms. The van der Waals surface area contributed by atoms with Gasteiger partial charge in [0.05, 0.1) is 13.2 Å². The number of hydrogen-bond acceptors (Lipinski definition) is 2. The van der Waals surface area contributed by atoms with Crippen molar-refractivity contribution in [1.82, 2.24) is 0 Å². The Bertz CT molecular complexity index is 788. The molecule has 118 valence electrons. The van der Waals surface area contributed by atoms with E-state index in [1.807, 2.05) is 0 Å². The highest BCUT2D eigenvalue weighted by atomic mass is 16.6. The Balaban J connectivity index is 1.73. The Labute approximate surface area is 141 Å². The molecule has 0 amide bonds. The zero-order valence-corrected chi connectivity index (χ0v) is 13.3. The second kappa shape index (κ2) is 5.59. The number of hydrogen-bond donors (Lipinski definition) is 0. The molecule has 2 aliphatic heterocycles. The molecule has 2 nitrogen and oxygen atoms in total. The van der Waals surface area contributed by atoms with Gasteiger partial charge < -0.3 is 9.47 Å². The van der Waals surface area contributed by atoms with Gasteiger partial charge in [0, 0.05) is 0 Å². The average molecular weight is 314 g/mol. The number of rotatable bonds is 4. The number of epoxide rings is 2. The molecule has 2 saturated heterocycles. The van der Waals surface area contributed by atoms with Crippen molar-refractivity contribution in [1.29, 1.82) is 0 Å². The van der Waals surface area contributed by atoms with Crippen LogP contribution in [-0.2, 0) is 9.47 Å². The molecule has 0 aromatic heterocycles. The second-order valence-corrected chi connectivity index (χ2v) is 6.40. The maximum absolute atomic E-state index is 5.63. The van der Waals surface area contributed by atoms with Gasteiger partial charge in [-0.1, -0.05) is 60.7 Å². The van der Waals surface area contributed by atoms with Gasteiger partial charge in [0.1, 0.15) is 12.2 Å². The van der Waals surface area contributed by atoms with E-state index in [1.165, 1.54) is 33.4 Å². The van der Waals surface area contributed by atoms with E-state index in [0.29, 0.717) is 0 Å². The highest BCUT2D eigenvalue weighted by molar-refractivity contribution is 5.78. The summed E-state index contributed by atoms with van der Waals surface area (Å²) in [7, 11) is 0. The van der Waals surface area contributed by atoms with Crippen molar-refractivity contribution in [2.45, 2.75) is 12.2 Å². The minimum absolute atomic E-state index is 0.219. The molecule has 2 heterocycles. The molecule has 5 rings (SSSR count). The predicted octanol–water partition coefficient (Wildman–Crippen LogP) is 5.16. The van der Waals surface area contributed by atoms with Crippen LogP contribution in [0, 0.1) is 0 Å². The zero-order valence-electron chi connectivity index (χ0n) is 13.3. The Morgan fingerprint density at radius 3 is 1.29 bits per heavy atom. The monoisotopic (exact) mass is 314 g/mol. The molecule has 2 fully saturated rings. The summed E-state index contributed by atoms with van der Waals surface area (Å²) >= 11 is 0. The van der Waals surface area contributed by atoms with Crippen molar-refractivity contribution in [2.24, 2.45) is 0 Å². The van der Waals surface area contributed by atoms with E-state index in [9.17, 15) is 0 Å². The molecular formula is C22H18O2. The molecule has 0 N–H and O–H groups in total. The first-order chi connectivity index (χ1) is 11.9. The van der Waals surface area contributed by atoms with Crippen molar-refractivity contribution in [2.75, 3.05) is 13.2 Å². The van der Waals surface area contributed by atoms with E-state index in [2.05, 4.69) is 72.8 Å². The van der Waals surface area contributed by atoms with Gasteiger partial charge in [0.25, 0.3) is 0 Å². The van der Waals surface area contributed by atoms with Crippen molar-refractivity contribution in [3.05, 3.63) is 83.9 Å². The van der Waals surface area contributed by atoms with Crippen LogP contribution >= 0.6 is 0 Å². The summed E-state index contributed by atoms with van der Waals surface area (Å²) in [5.41, 5.74) is 7.58. The molecule has 3 aromatic rings. The lowest BCUT2D eigenvalue weighted by Crippen LogP contribution is -1.96. The van der Waals surface area contributed by atoms with Crippen LogP contribution in [0.3, 0.4) is 0 Å². The molecule has 24 heavy (non-hydrogen) atoms. The zero-order chi connectivity index (χ0) is 15.9. The van der Waals surface area contributed by atoms with E-state index in [1.54, 1.807) is 0 Å². The van der Waals surface area contributed by atoms with Crippen LogP contribution in [0.25, 0.3) is 22.3 Å². The highest BCUT2D eigenvalue weighted by Crippen LogP contribution is 2.45. The molecule has 0 saturated carbocycles. The Morgan fingerprint density at radius 2 is 0.958 bits per heavy atom. The van der Waals surface area contributed by atoms with Crippen LogP contribution in [-0.4, -0.2) is 13.2 Å². The standard InChI is InChI=1S/C22H18O2/c1-3-7-15(8-4-1)17-11-20(22-14-24-22)18(12-19(17)21-13-23-21)16-9-5-2-6-10-16/h1-12,21-22H,13-14H2. The summed E-state index contributed by atoms with van der Waals surface area (Å²) < 4.78 is 11.3. The lowest BCUT2D eigenvalue weighted by molar-refractivity contribution is 0.413. The molecule has 2 aliphatic rings. The number of benzene rings is 3. The Morgan fingerprint density at radius 1 is 0.583 bits per heavy atom. The van der Waals surface area contributed by atoms with Gasteiger partial charge in [-0.05, 0) is 45.5 Å². The van der Waals surface area contributed by atoms with Gasteiger partial charge in [0.15, 0.2) is 0 Å². The summed E-state index contributed by atoms with van der Waals surface area (Å²) in [6, 6.07) is 25.8. The second-order valence-electron chi connectivity index (χ2n) is 6.40. The fourth-order valence-electron chi connectivity index (χ4n) is 3.36. The molecule has 3 aromatic carbocycles. The Hall–Kier alpha value is -2.42. The third-order valence-corrected chi connectivity index (χ3v) is 4.75. The summed E-state index contributed by atoms with van der Waals surface area (Å²) in [6.07, 6.45) is 0.439. The van der Waals surface area contributed by atoms with Crippen LogP contribution < -0.4 is 0 Å². The lowest BCUT2D eigenvalue weighted by Gasteiger charge is -2.15. The predicted molar refractivity (Wildman–Crippen MR) is 94.7 cm³/mol. The van der Waals surface area contributed by atoms with Crippen molar-refractivity contribution < 1.29 is 9.47 Å². The van der Waals surface area contributed by atoms with Crippen LogP contribution in [0.4, 0.5) is 0 Å². The van der Waals surface area contributed by atoms with E-state index in [4.69, 9.17) is 9.47 Å². The third kappa shape index (κ3) is 2.54. The summed E-state index contributed by atoms with van der Waals surface area (Å²) in [5, 5.41) is 0. The fraction of sp³-hybridized carbons (Fsp3) is 0.182. The van der Waals surface area contributed by atoms with Gasteiger partial charge in [-0.15, -0.1) is 0 Å². The summed E-state index contributed by atoms with van der Waals surface area (Å²) in [6.45, 7) is 1.63. The molecular weight excluding hydrogens is 296 g/mol. The Kier molecular flexibility index (Phi) is 3.25. The van der Waals surface area contributed by atoms with Crippen molar-refractivity contribution in [3.8, 4) is 22.3 Å². The lowest BCUT2D eigenvalue weighted by atomic mass is 9.88. The van der Waals surface area contributed by atoms with Gasteiger partial charge in [-0.3, -0.25) is 0 Å². The maximum Gasteiger partial charge on any atom is 0.107 e. The molecule has 0 spiro atoms. The highest BCUT2D eigenvalue weighted by Gasteiger charge is 2.33. The van der Waals surface area contributed by atoms with Gasteiger partial charge in [0.2, 0.25) is 0 Å². The molecule has 2 atom stereocenters. The molecule has 0 radical (unpaired) electrons. The summed E-state index contributed by atoms with van der Waals surface area (Å²) in [5.74, 6) is 0. The number of ether oxygens (including phenoxy) is 2. The first-order valence-corrected chi connectivity index (χ1v) is 8.42. The minimum atomic E-state index is 0.219. The van der Waals surface area contributed by atoms with Crippen LogP contribution in [0.2, 0.25) is 0 Å². The van der Waals surface area contributed by atoms with Crippen LogP contribution in [0.5, 0.6) is 0 Å². The molecule has 2 heteroatoms. The minimum Gasteiger partial charge on any atom is -0.368 e. The van der Waals surface area contributed by atoms with Crippen molar-refractivity contribution in [3.63, 3.8) is 0 Å². The SMILES string of the molecule is c1ccc(-c2cc(C3CO3)c(-c3ccccc3)cc2C2CO2)cc1. The van der Waals surface area contributed by atoms with Crippen LogP contribution in [0.1, 0.15) is 23.3 Å². The van der Waals surface area contributed by atoms with E-state index in [-0.39, 0.29) is 12.2 Å². The fourth-order valence-corrected chi connectivity index (χ4v) is 3.36. The normalized spacial score (nSPS) is 21.5. The summed E-state index contributed by atoms with van der Waals surface area (Å²) in [4.78, 5) is 0. The topological polar surface area (TPSA) is 25.1 Å². The first kappa shape index (κ1) is 14.0. The average Bonchev–Trinajstić information content (AvgIpc) is 3.55. The van der Waals surface area contributed by atoms with Crippen LogP contribution in [0.15, 0.2) is 72.8 Å². The quantitative estimate of drug-likeness (QED) is 0.621. The van der Waals surface area contributed by atoms with Gasteiger partial charge in [-0.2, -0.15) is 0 Å². The van der Waals surface area contributed by atoms with E-state index >= 15 is 0 Å². The molecule has 0 aliphatic carbocycles. The maximum atomic E-state index is 5.63. The first-order valence-electron chi connectivity index (χ1n) is 8.42. The smallest absolute Gasteiger partial charge is 0.107 e. The van der Waals surface area contributed by atoms with Gasteiger partial charge in [-0.25, -0.2) is 0 Å².